The van der Waals surface area contributed by atoms with Gasteiger partial charge in [0.25, 0.3) is 0 Å². The van der Waals surface area contributed by atoms with Crippen LogP contribution in [0.15, 0.2) is 0 Å². The molecule has 0 aliphatic heterocycles. The maximum atomic E-state index is 2.77. The van der Waals surface area contributed by atoms with E-state index in [1.54, 1.807) is 0 Å². The van der Waals surface area contributed by atoms with Gasteiger partial charge >= 0.3 is 60.6 Å². The first-order chi connectivity index (χ1) is 3.81. The van der Waals surface area contributed by atoms with E-state index in [2.05, 4.69) is 30.1 Å². The molecule has 44 valence electrons. The molecule has 0 N–H and O–H groups in total. The molecule has 0 rings (SSSR count). The third kappa shape index (κ3) is 4.69. The van der Waals surface area contributed by atoms with E-state index >= 15 is 0 Å². The summed E-state index contributed by atoms with van der Waals surface area (Å²) in [5.74, 6) is 0.942. The van der Waals surface area contributed by atoms with E-state index in [1.165, 1.54) is 24.5 Å². The van der Waals surface area contributed by atoms with Gasteiger partial charge in [-0.3, -0.25) is 0 Å². The van der Waals surface area contributed by atoms with Crippen molar-refractivity contribution in [2.24, 2.45) is 5.92 Å². The van der Waals surface area contributed by atoms with Crippen molar-refractivity contribution in [1.82, 2.24) is 0 Å². The molecular weight excluding hydrogens is 111 g/mol. The van der Waals surface area contributed by atoms with E-state index in [0.717, 1.165) is 5.92 Å². The number of hydrogen-bond donors (Lipinski definition) is 0. The molecule has 0 fully saturated rings. The molecule has 0 aromatic heterocycles. The van der Waals surface area contributed by atoms with Gasteiger partial charge in [0.1, 0.15) is 0 Å². The van der Waals surface area contributed by atoms with Crippen LogP contribution in [0.4, 0.5) is 0 Å². The zero-order valence-corrected chi connectivity index (χ0v) is 7.14. The van der Waals surface area contributed by atoms with E-state index in [9.17, 15) is 0 Å². The van der Waals surface area contributed by atoms with Crippen LogP contribution in [0.1, 0.15) is 33.1 Å². The molecule has 0 saturated heterocycles. The van der Waals surface area contributed by atoms with Gasteiger partial charge in [0, 0.05) is 0 Å². The molecule has 0 aromatic rings. The molecule has 0 spiro atoms. The normalized spacial score (nSPS) is 14.0. The van der Waals surface area contributed by atoms with Crippen molar-refractivity contribution in [3.63, 3.8) is 0 Å². The van der Waals surface area contributed by atoms with Gasteiger partial charge in [-0.2, -0.15) is 0 Å². The molecule has 0 amide bonds. The third-order valence-electron chi connectivity index (χ3n) is 1.44. The molecule has 0 bridgehead atoms. The zero-order valence-electron chi connectivity index (χ0n) is 5.98. The van der Waals surface area contributed by atoms with Gasteiger partial charge in [0.05, 0.1) is 0 Å². The monoisotopic (exact) mass is 126 g/mol. The van der Waals surface area contributed by atoms with Gasteiger partial charge in [-0.05, 0) is 0 Å². The average Bonchev–Trinajstić information content (AvgIpc) is 1.68. The fourth-order valence-electron chi connectivity index (χ4n) is 0.922. The minimum absolute atomic E-state index is 0.942. The summed E-state index contributed by atoms with van der Waals surface area (Å²) in [7, 11) is 0. The van der Waals surface area contributed by atoms with Crippen molar-refractivity contribution in [2.75, 3.05) is 0 Å². The Morgan fingerprint density at radius 2 is 2.00 bits per heavy atom. The summed E-state index contributed by atoms with van der Waals surface area (Å²) in [5, 5.41) is 1.27. The predicted molar refractivity (Wildman–Crippen MR) is 39.3 cm³/mol. The van der Waals surface area contributed by atoms with Crippen LogP contribution in [0.2, 0.25) is 5.28 Å². The first kappa shape index (κ1) is 8.53. The van der Waals surface area contributed by atoms with Gasteiger partial charge in [-0.25, -0.2) is 0 Å². The molecule has 0 nitrogen and oxygen atoms in total. The molecule has 0 radical (unpaired) electrons. The summed E-state index contributed by atoms with van der Waals surface area (Å²) in [4.78, 5) is 0. The summed E-state index contributed by atoms with van der Waals surface area (Å²) >= 11 is 2.77. The predicted octanol–water partition coefficient (Wildman–Crippen LogP) is 2.40. The van der Waals surface area contributed by atoms with Crippen LogP contribution in [0.3, 0.4) is 0 Å². The van der Waals surface area contributed by atoms with E-state index < -0.39 is 0 Å². The van der Waals surface area contributed by atoms with Crippen LogP contribution in [-0.4, -0.2) is 16.3 Å². The molecule has 8 heavy (non-hydrogen) atoms. The molecule has 0 heterocycles. The SMILES string of the molecule is CCCC(C)C[CH2][Al+2]. The number of hydrogen-bond acceptors (Lipinski definition) is 0. The summed E-state index contributed by atoms with van der Waals surface area (Å²) in [6.07, 6.45) is 4.11. The first-order valence-electron chi connectivity index (χ1n) is 3.51. The maximum absolute atomic E-state index is 2.77. The quantitative estimate of drug-likeness (QED) is 0.507. The molecule has 0 aromatic carbocycles. The van der Waals surface area contributed by atoms with Gasteiger partial charge in [0.2, 0.25) is 0 Å². The average molecular weight is 126 g/mol. The molecule has 1 unspecified atom stereocenters. The van der Waals surface area contributed by atoms with Crippen LogP contribution in [0, 0.1) is 5.92 Å². The van der Waals surface area contributed by atoms with Crippen molar-refractivity contribution in [3.05, 3.63) is 0 Å². The van der Waals surface area contributed by atoms with Crippen LogP contribution in [-0.2, 0) is 0 Å². The van der Waals surface area contributed by atoms with Gasteiger partial charge in [-0.1, -0.05) is 0 Å². The summed E-state index contributed by atoms with van der Waals surface area (Å²) < 4.78 is 0. The second kappa shape index (κ2) is 5.67. The Kier molecular flexibility index (Phi) is 6.04. The van der Waals surface area contributed by atoms with E-state index in [-0.39, 0.29) is 0 Å². The summed E-state index contributed by atoms with van der Waals surface area (Å²) in [6.45, 7) is 4.58. The number of rotatable bonds is 4. The van der Waals surface area contributed by atoms with E-state index in [0.29, 0.717) is 0 Å². The van der Waals surface area contributed by atoms with Crippen LogP contribution in [0.5, 0.6) is 0 Å². The Bertz CT molecular complexity index is 37.7. The van der Waals surface area contributed by atoms with E-state index in [4.69, 9.17) is 0 Å². The standard InChI is InChI=1S/C7H15.Al/c1-4-6-7(3)5-2;/h7H,2,4-6H2,1,3H3;/q;+2. The first-order valence-corrected chi connectivity index (χ1v) is 4.33. The second-order valence-corrected chi connectivity index (χ2v) is 3.05. The van der Waals surface area contributed by atoms with Gasteiger partial charge < -0.3 is 0 Å². The summed E-state index contributed by atoms with van der Waals surface area (Å²) in [5.41, 5.74) is 0. The second-order valence-electron chi connectivity index (χ2n) is 2.47. The molecular formula is C7H15Al+2. The third-order valence-corrected chi connectivity index (χ3v) is 1.77. The van der Waals surface area contributed by atoms with Crippen LogP contribution < -0.4 is 0 Å². The Morgan fingerprint density at radius 1 is 1.38 bits per heavy atom. The Labute approximate surface area is 61.1 Å². The fraction of sp³-hybridized carbons (Fsp3) is 1.00. The fourth-order valence-corrected chi connectivity index (χ4v) is 1.49. The molecule has 0 aliphatic rings. The van der Waals surface area contributed by atoms with Crippen molar-refractivity contribution in [3.8, 4) is 0 Å². The Balaban J connectivity index is 2.92. The Morgan fingerprint density at radius 3 is 2.38 bits per heavy atom. The topological polar surface area (TPSA) is 0 Å². The Hall–Kier alpha value is 0.532. The van der Waals surface area contributed by atoms with Crippen LogP contribution in [0.25, 0.3) is 0 Å². The minimum atomic E-state index is 0.942. The van der Waals surface area contributed by atoms with Crippen molar-refractivity contribution < 1.29 is 0 Å². The molecule has 0 saturated carbocycles. The van der Waals surface area contributed by atoms with Crippen molar-refractivity contribution in [1.29, 1.82) is 0 Å². The van der Waals surface area contributed by atoms with E-state index in [1.807, 2.05) is 0 Å². The summed E-state index contributed by atoms with van der Waals surface area (Å²) in [6, 6.07) is 0. The molecule has 0 aliphatic carbocycles. The molecule has 1 atom stereocenters. The van der Waals surface area contributed by atoms with Crippen molar-refractivity contribution >= 4 is 16.3 Å². The zero-order chi connectivity index (χ0) is 6.41. The van der Waals surface area contributed by atoms with Crippen molar-refractivity contribution in [2.45, 2.75) is 38.4 Å². The molecule has 1 heteroatoms. The van der Waals surface area contributed by atoms with Gasteiger partial charge in [0.15, 0.2) is 0 Å². The van der Waals surface area contributed by atoms with Crippen LogP contribution >= 0.6 is 0 Å². The van der Waals surface area contributed by atoms with Gasteiger partial charge in [-0.15, -0.1) is 0 Å².